The van der Waals surface area contributed by atoms with Crippen molar-refractivity contribution in [3.63, 3.8) is 0 Å². The van der Waals surface area contributed by atoms with Crippen LogP contribution in [0.1, 0.15) is 76.9 Å². The summed E-state index contributed by atoms with van der Waals surface area (Å²) in [5, 5.41) is 68.2. The van der Waals surface area contributed by atoms with Crippen molar-refractivity contribution in [2.75, 3.05) is 26.5 Å². The van der Waals surface area contributed by atoms with E-state index in [0.29, 0.717) is 5.84 Å². The van der Waals surface area contributed by atoms with Gasteiger partial charge >= 0.3 is 11.8 Å². The van der Waals surface area contributed by atoms with Crippen LogP contribution >= 0.6 is 0 Å². The minimum atomic E-state index is -2.06. The van der Waals surface area contributed by atoms with Gasteiger partial charge in [-0.05, 0) is 26.8 Å². The van der Waals surface area contributed by atoms with Gasteiger partial charge in [0, 0.05) is 75.2 Å². The van der Waals surface area contributed by atoms with Crippen LogP contribution in [0.15, 0.2) is 46.3 Å². The third-order valence-electron chi connectivity index (χ3n) is 11.1. The molecule has 0 aromatic heterocycles. The molecular weight excluding hydrogens is 752 g/mol. The number of carbonyl (C=O) groups excluding carboxylic acids is 3. The highest BCUT2D eigenvalue weighted by atomic mass is 16.7. The average molecular weight is 809 g/mol. The summed E-state index contributed by atoms with van der Waals surface area (Å²) in [6.07, 6.45) is 4.53. The van der Waals surface area contributed by atoms with Gasteiger partial charge in [-0.25, -0.2) is 0 Å². The molecule has 0 unspecified atom stereocenters. The van der Waals surface area contributed by atoms with Crippen LogP contribution in [-0.4, -0.2) is 112 Å². The summed E-state index contributed by atoms with van der Waals surface area (Å²) < 4.78 is 23.5. The predicted molar refractivity (Wildman–Crippen MR) is 218 cm³/mol. The van der Waals surface area contributed by atoms with Crippen molar-refractivity contribution in [1.29, 1.82) is 0 Å². The van der Waals surface area contributed by atoms with Crippen molar-refractivity contribution in [1.82, 2.24) is 4.90 Å². The van der Waals surface area contributed by atoms with Gasteiger partial charge in [-0.15, -0.1) is 5.10 Å². The maximum Gasteiger partial charge on any atom is 0.312 e. The maximum absolute atomic E-state index is 14.4. The molecule has 0 fully saturated rings. The molecule has 0 aliphatic carbocycles. The van der Waals surface area contributed by atoms with E-state index in [2.05, 4.69) is 15.5 Å². The number of fused-ring (bicyclic) bond motifs is 14. The molecule has 16 nitrogen and oxygen atoms in total. The largest absolute Gasteiger partial charge is 0.507 e. The summed E-state index contributed by atoms with van der Waals surface area (Å²) in [7, 11) is 4.91. The number of aliphatic hydroxyl groups is 2. The van der Waals surface area contributed by atoms with E-state index in [1.807, 2.05) is 0 Å². The van der Waals surface area contributed by atoms with Gasteiger partial charge in [0.25, 0.3) is 11.7 Å². The third kappa shape index (κ3) is 8.83. The number of hydrogen-bond acceptors (Lipinski definition) is 14. The van der Waals surface area contributed by atoms with E-state index in [9.17, 15) is 39.9 Å². The number of carbonyl (C=O) groups is 3. The summed E-state index contributed by atoms with van der Waals surface area (Å²) in [5.74, 6) is -8.18. The first kappa shape index (κ1) is 45.3. The Labute approximate surface area is 338 Å². The highest BCUT2D eigenvalue weighted by Crippen LogP contribution is 2.55. The van der Waals surface area contributed by atoms with Crippen molar-refractivity contribution >= 4 is 46.2 Å². The Morgan fingerprint density at radius 2 is 1.60 bits per heavy atom. The number of hydrogen-bond donors (Lipinski definition) is 6. The van der Waals surface area contributed by atoms with Crippen molar-refractivity contribution in [2.45, 2.75) is 92.5 Å². The van der Waals surface area contributed by atoms with Crippen molar-refractivity contribution in [3.05, 3.63) is 52.8 Å². The number of phenols is 3. The van der Waals surface area contributed by atoms with E-state index in [4.69, 9.17) is 18.9 Å². The smallest absolute Gasteiger partial charge is 0.312 e. The normalized spacial score (nSPS) is 30.7. The lowest BCUT2D eigenvalue weighted by Crippen LogP contribution is -2.46. The predicted octanol–water partition coefficient (Wildman–Crippen LogP) is 5.07. The number of phenolic OH excluding ortho intramolecular Hbond substituents is 3. The van der Waals surface area contributed by atoms with Crippen LogP contribution in [0.25, 0.3) is 10.8 Å². The number of aliphatic hydroxyl groups excluding tert-OH is 2. The molecule has 2 aromatic carbocycles. The first-order valence-corrected chi connectivity index (χ1v) is 18.9. The molecule has 6 N–H and O–H groups in total. The number of Topliss-reactive ketones (excluding diaryl/α,β-unsaturated/α-hetero) is 1. The van der Waals surface area contributed by atoms with Crippen LogP contribution in [0, 0.1) is 30.6 Å². The lowest BCUT2D eigenvalue weighted by Gasteiger charge is -2.38. The molecule has 0 spiro atoms. The van der Waals surface area contributed by atoms with Gasteiger partial charge in [0.05, 0.1) is 53.0 Å². The lowest BCUT2D eigenvalue weighted by atomic mass is 9.78. The number of amidine groups is 1. The summed E-state index contributed by atoms with van der Waals surface area (Å²) >= 11 is 0. The average Bonchev–Trinajstić information content (AvgIpc) is 3.44. The summed E-state index contributed by atoms with van der Waals surface area (Å²) in [6, 6.07) is 0. The Bertz CT molecular complexity index is 2090. The number of methoxy groups -OCH3 is 1. The number of rotatable bonds is 4. The van der Waals surface area contributed by atoms with Crippen LogP contribution in [0.5, 0.6) is 23.0 Å². The Hall–Kier alpha value is -5.45. The molecule has 2 aromatic rings. The highest BCUT2D eigenvalue weighted by molar-refractivity contribution is 6.23. The number of anilines is 1. The van der Waals surface area contributed by atoms with Crippen LogP contribution in [0.3, 0.4) is 0 Å². The molecule has 3 aliphatic rings. The standard InChI is InChI=1S/C42H56N4O12/c1-19-14-13-15-20(2)41(54)44-32-27(18-43-45-25(7)46(10)11)36(51)29-30(37(32)52)35(50)24(6)39-31(29)40(53)42(9,58-39)56-17-16-28(55-12)21(3)38(57-26(8)47)23(5)34(49)22(4)33(19)48/h13-19,21-23,28,33-34,38,48-52H,1-12H3,(H,44,54)/b14-13+,17-16+,20-15-,43-18+,45-25+/t19-,21+,22+,23+,28-,33-,34+,38+,42-/m0/s1. The summed E-state index contributed by atoms with van der Waals surface area (Å²) in [5.41, 5.74) is -0.619. The molecule has 5 rings (SSSR count). The molecular formula is C42H56N4O12. The molecule has 316 valence electrons. The van der Waals surface area contributed by atoms with Gasteiger partial charge in [-0.1, -0.05) is 45.9 Å². The van der Waals surface area contributed by atoms with E-state index >= 15 is 0 Å². The van der Waals surface area contributed by atoms with Crippen molar-refractivity contribution in [2.24, 2.45) is 33.9 Å². The van der Waals surface area contributed by atoms with Crippen LogP contribution in [0.2, 0.25) is 0 Å². The summed E-state index contributed by atoms with van der Waals surface area (Å²) in [6.45, 7) is 14.1. The second kappa shape index (κ2) is 18.0. The fourth-order valence-corrected chi connectivity index (χ4v) is 7.13. The lowest BCUT2D eigenvalue weighted by molar-refractivity contribution is -0.160. The fourth-order valence-electron chi connectivity index (χ4n) is 7.13. The molecule has 0 radical (unpaired) electrons. The van der Waals surface area contributed by atoms with Gasteiger partial charge in [0.2, 0.25) is 0 Å². The van der Waals surface area contributed by atoms with Gasteiger partial charge in [-0.3, -0.25) is 14.4 Å². The van der Waals surface area contributed by atoms with Gasteiger partial charge in [0.1, 0.15) is 29.2 Å². The zero-order valence-electron chi connectivity index (χ0n) is 35.0. The number of allylic oxidation sites excluding steroid dienone is 2. The molecule has 0 saturated carbocycles. The molecule has 3 aliphatic heterocycles. The van der Waals surface area contributed by atoms with Gasteiger partial charge in [0.15, 0.2) is 5.75 Å². The Morgan fingerprint density at radius 3 is 2.21 bits per heavy atom. The number of ether oxygens (including phenoxy) is 4. The number of benzene rings is 2. The number of amides is 1. The van der Waals surface area contributed by atoms with E-state index < -0.39 is 88.8 Å². The number of aromatic hydroxyl groups is 3. The first-order valence-electron chi connectivity index (χ1n) is 18.9. The van der Waals surface area contributed by atoms with E-state index in [0.717, 1.165) is 6.21 Å². The van der Waals surface area contributed by atoms with E-state index in [-0.39, 0.29) is 44.5 Å². The maximum atomic E-state index is 14.4. The fraction of sp³-hybridized carbons (Fsp3) is 0.500. The minimum Gasteiger partial charge on any atom is -0.507 e. The van der Waals surface area contributed by atoms with E-state index in [1.165, 1.54) is 53.2 Å². The second-order valence-corrected chi connectivity index (χ2v) is 15.4. The van der Waals surface area contributed by atoms with Crippen molar-refractivity contribution < 1.29 is 58.9 Å². The second-order valence-electron chi connectivity index (χ2n) is 15.4. The number of ketones is 1. The Balaban J connectivity index is 2.00. The van der Waals surface area contributed by atoms with Crippen LogP contribution in [0.4, 0.5) is 5.69 Å². The molecule has 5 bridgehead atoms. The van der Waals surface area contributed by atoms with Crippen LogP contribution in [-0.2, 0) is 23.8 Å². The molecule has 58 heavy (non-hydrogen) atoms. The summed E-state index contributed by atoms with van der Waals surface area (Å²) in [4.78, 5) is 42.0. The minimum absolute atomic E-state index is 0.0317. The molecule has 9 atom stereocenters. The number of nitrogens with zero attached hydrogens (tertiary/aromatic N) is 3. The third-order valence-corrected chi connectivity index (χ3v) is 11.1. The molecule has 16 heteroatoms. The van der Waals surface area contributed by atoms with Crippen molar-refractivity contribution in [3.8, 4) is 23.0 Å². The zero-order chi connectivity index (χ0) is 43.5. The molecule has 0 saturated heterocycles. The first-order chi connectivity index (χ1) is 27.1. The zero-order valence-corrected chi connectivity index (χ0v) is 35.0. The SMILES string of the molecule is CO[C@H]1/C=C/O[C@@]2(C)Oc3c(C)c(O)c4c(O)c(c(/C=N/N=C(\C)N(C)C)c(O)c4c3C2=O)NC(=O)/C(C)=C\C=C\[C@H](C)[C@H](O)[C@@H](C)[C@@H](O)[C@@H](C)[C@H](OC(C)=O)[C@@H]1C. The molecule has 3 heterocycles. The molecule has 1 amide bonds. The number of nitrogens with one attached hydrogen (secondary N) is 1. The highest BCUT2D eigenvalue weighted by Gasteiger charge is 2.50. The topological polar surface area (TPSA) is 229 Å². The van der Waals surface area contributed by atoms with Crippen LogP contribution < -0.4 is 10.1 Å². The number of esters is 1. The van der Waals surface area contributed by atoms with Gasteiger partial charge in [-0.2, -0.15) is 5.10 Å². The van der Waals surface area contributed by atoms with Gasteiger partial charge < -0.3 is 54.7 Å². The quantitative estimate of drug-likeness (QED) is 0.0593. The van der Waals surface area contributed by atoms with E-state index in [1.54, 1.807) is 65.8 Å². The monoisotopic (exact) mass is 808 g/mol. The Kier molecular flexibility index (Phi) is 14.0. The Morgan fingerprint density at radius 1 is 0.948 bits per heavy atom.